The number of likely N-dealkylation sites (tertiary alicyclic amines) is 1. The Morgan fingerprint density at radius 3 is 2.50 bits per heavy atom. The molecule has 0 bridgehead atoms. The minimum Gasteiger partial charge on any atom is -0.327 e. The molecule has 5 heteroatoms. The Labute approximate surface area is 129 Å². The smallest absolute Gasteiger partial charge is 0.0641 e. The van der Waals surface area contributed by atoms with E-state index in [1.54, 1.807) is 0 Å². The summed E-state index contributed by atoms with van der Waals surface area (Å²) in [5.41, 5.74) is 10.3. The first kappa shape index (κ1) is 17.5. The first-order valence-corrected chi connectivity index (χ1v) is 7.36. The van der Waals surface area contributed by atoms with E-state index in [4.69, 9.17) is 5.73 Å². The van der Waals surface area contributed by atoms with E-state index in [0.29, 0.717) is 6.04 Å². The van der Waals surface area contributed by atoms with Crippen LogP contribution in [0.15, 0.2) is 0 Å². The second-order valence-corrected chi connectivity index (χ2v) is 6.56. The third kappa shape index (κ3) is 3.35. The van der Waals surface area contributed by atoms with Crippen molar-refractivity contribution in [3.8, 4) is 0 Å². The van der Waals surface area contributed by atoms with Gasteiger partial charge < -0.3 is 5.73 Å². The largest absolute Gasteiger partial charge is 0.327 e. The molecule has 1 aromatic rings. The summed E-state index contributed by atoms with van der Waals surface area (Å²) in [4.78, 5) is 2.53. The van der Waals surface area contributed by atoms with E-state index in [1.807, 2.05) is 0 Å². The third-order valence-corrected chi connectivity index (χ3v) is 4.60. The summed E-state index contributed by atoms with van der Waals surface area (Å²) in [5, 5.41) is 4.61. The average Bonchev–Trinajstić information content (AvgIpc) is 2.61. The van der Waals surface area contributed by atoms with Gasteiger partial charge in [0.2, 0.25) is 0 Å². The van der Waals surface area contributed by atoms with Crippen molar-refractivity contribution in [2.75, 3.05) is 13.1 Å². The number of hydrogen-bond acceptors (Lipinski definition) is 3. The lowest BCUT2D eigenvalue weighted by atomic mass is 9.79. The van der Waals surface area contributed by atoms with Crippen LogP contribution in [-0.2, 0) is 13.1 Å². The van der Waals surface area contributed by atoms with Crippen molar-refractivity contribution < 1.29 is 0 Å². The van der Waals surface area contributed by atoms with E-state index in [0.717, 1.165) is 32.6 Å². The normalized spacial score (nSPS) is 22.6. The molecule has 116 valence electrons. The van der Waals surface area contributed by atoms with Gasteiger partial charge in [-0.25, -0.2) is 0 Å². The van der Waals surface area contributed by atoms with Gasteiger partial charge in [0.05, 0.1) is 5.69 Å². The highest BCUT2D eigenvalue weighted by Crippen LogP contribution is 2.29. The Bertz CT molecular complexity index is 453. The molecular formula is C15H29ClN4. The van der Waals surface area contributed by atoms with Crippen LogP contribution in [0.3, 0.4) is 0 Å². The summed E-state index contributed by atoms with van der Waals surface area (Å²) in [5.74, 6) is 0. The summed E-state index contributed by atoms with van der Waals surface area (Å²) >= 11 is 0. The van der Waals surface area contributed by atoms with Gasteiger partial charge in [-0.3, -0.25) is 9.58 Å². The quantitative estimate of drug-likeness (QED) is 0.933. The van der Waals surface area contributed by atoms with Crippen molar-refractivity contribution in [3.05, 3.63) is 17.0 Å². The maximum absolute atomic E-state index is 6.21. The second-order valence-electron chi connectivity index (χ2n) is 6.56. The molecule has 1 aromatic heterocycles. The van der Waals surface area contributed by atoms with Crippen molar-refractivity contribution in [2.45, 2.75) is 60.2 Å². The van der Waals surface area contributed by atoms with Gasteiger partial charge in [0, 0.05) is 43.5 Å². The van der Waals surface area contributed by atoms with E-state index in [1.165, 1.54) is 17.0 Å². The van der Waals surface area contributed by atoms with Crippen molar-refractivity contribution >= 4 is 12.4 Å². The Morgan fingerprint density at radius 2 is 2.00 bits per heavy atom. The van der Waals surface area contributed by atoms with Gasteiger partial charge in [0.25, 0.3) is 0 Å². The molecule has 0 radical (unpaired) electrons. The van der Waals surface area contributed by atoms with E-state index >= 15 is 0 Å². The van der Waals surface area contributed by atoms with Crippen LogP contribution < -0.4 is 5.73 Å². The molecule has 0 saturated carbocycles. The Balaban J connectivity index is 0.00000200. The predicted molar refractivity (Wildman–Crippen MR) is 86.3 cm³/mol. The fourth-order valence-corrected chi connectivity index (χ4v) is 3.11. The van der Waals surface area contributed by atoms with Crippen LogP contribution in [0.5, 0.6) is 0 Å². The van der Waals surface area contributed by atoms with Gasteiger partial charge in [-0.05, 0) is 32.6 Å². The molecule has 1 unspecified atom stereocenters. The standard InChI is InChI=1S/C15H28N4.ClH/c1-6-19-12(3)13(11(2)17-19)9-18-8-7-14(16)15(4,5)10-18;/h14H,6-10,16H2,1-5H3;1H. The Hall–Kier alpha value is -0.580. The Kier molecular flexibility index (Phi) is 5.64. The molecule has 2 N–H and O–H groups in total. The molecule has 4 nitrogen and oxygen atoms in total. The zero-order chi connectivity index (χ0) is 14.2. The summed E-state index contributed by atoms with van der Waals surface area (Å²) < 4.78 is 2.10. The molecule has 20 heavy (non-hydrogen) atoms. The van der Waals surface area contributed by atoms with Gasteiger partial charge >= 0.3 is 0 Å². The van der Waals surface area contributed by atoms with Crippen LogP contribution in [-0.4, -0.2) is 33.8 Å². The lowest BCUT2D eigenvalue weighted by molar-refractivity contribution is 0.0895. The van der Waals surface area contributed by atoms with Crippen LogP contribution >= 0.6 is 12.4 Å². The van der Waals surface area contributed by atoms with E-state index in [-0.39, 0.29) is 17.8 Å². The molecule has 0 spiro atoms. The van der Waals surface area contributed by atoms with Gasteiger partial charge in [0.15, 0.2) is 0 Å². The number of rotatable bonds is 3. The number of nitrogens with two attached hydrogens (primary N) is 1. The molecule has 1 aliphatic heterocycles. The monoisotopic (exact) mass is 300 g/mol. The molecule has 1 atom stereocenters. The SMILES string of the molecule is CCn1nc(C)c(CN2CCC(N)C(C)(C)C2)c1C.Cl. The molecule has 1 saturated heterocycles. The molecule has 0 aliphatic carbocycles. The number of aryl methyl sites for hydroxylation is 2. The lowest BCUT2D eigenvalue weighted by Gasteiger charge is -2.42. The maximum atomic E-state index is 6.21. The van der Waals surface area contributed by atoms with Crippen molar-refractivity contribution in [3.63, 3.8) is 0 Å². The van der Waals surface area contributed by atoms with Gasteiger partial charge in [-0.1, -0.05) is 13.8 Å². The van der Waals surface area contributed by atoms with Crippen molar-refractivity contribution in [1.82, 2.24) is 14.7 Å². The number of nitrogens with zero attached hydrogens (tertiary/aromatic N) is 3. The van der Waals surface area contributed by atoms with E-state index in [2.05, 4.69) is 49.3 Å². The predicted octanol–water partition coefficient (Wildman–Crippen LogP) is 2.50. The molecule has 0 amide bonds. The average molecular weight is 301 g/mol. The van der Waals surface area contributed by atoms with Gasteiger partial charge in [-0.15, -0.1) is 12.4 Å². The molecule has 2 heterocycles. The number of hydrogen-bond donors (Lipinski definition) is 1. The first-order chi connectivity index (χ1) is 8.85. The molecular weight excluding hydrogens is 272 g/mol. The van der Waals surface area contributed by atoms with E-state index in [9.17, 15) is 0 Å². The first-order valence-electron chi connectivity index (χ1n) is 7.36. The summed E-state index contributed by atoms with van der Waals surface area (Å²) in [6.07, 6.45) is 1.09. The Morgan fingerprint density at radius 1 is 1.35 bits per heavy atom. The number of halogens is 1. The van der Waals surface area contributed by atoms with Gasteiger partial charge in [0.1, 0.15) is 0 Å². The van der Waals surface area contributed by atoms with Crippen molar-refractivity contribution in [2.24, 2.45) is 11.1 Å². The van der Waals surface area contributed by atoms with Crippen molar-refractivity contribution in [1.29, 1.82) is 0 Å². The minimum atomic E-state index is 0. The molecule has 2 rings (SSSR count). The highest BCUT2D eigenvalue weighted by atomic mass is 35.5. The fraction of sp³-hybridized carbons (Fsp3) is 0.800. The number of piperidine rings is 1. The summed E-state index contributed by atoms with van der Waals surface area (Å²) in [7, 11) is 0. The highest BCUT2D eigenvalue weighted by Gasteiger charge is 2.33. The van der Waals surface area contributed by atoms with Crippen LogP contribution in [0.25, 0.3) is 0 Å². The highest BCUT2D eigenvalue weighted by molar-refractivity contribution is 5.85. The zero-order valence-corrected chi connectivity index (χ0v) is 14.3. The number of aromatic nitrogens is 2. The third-order valence-electron chi connectivity index (χ3n) is 4.60. The lowest BCUT2D eigenvalue weighted by Crippen LogP contribution is -2.52. The maximum Gasteiger partial charge on any atom is 0.0641 e. The van der Waals surface area contributed by atoms with Gasteiger partial charge in [-0.2, -0.15) is 5.10 Å². The fourth-order valence-electron chi connectivity index (χ4n) is 3.11. The summed E-state index contributed by atoms with van der Waals surface area (Å²) in [6, 6.07) is 0.323. The van der Waals surface area contributed by atoms with Crippen LogP contribution in [0.2, 0.25) is 0 Å². The molecule has 1 aliphatic rings. The van der Waals surface area contributed by atoms with Crippen LogP contribution in [0.1, 0.15) is 44.1 Å². The van der Waals surface area contributed by atoms with Crippen LogP contribution in [0, 0.1) is 19.3 Å². The second kappa shape index (κ2) is 6.46. The summed E-state index contributed by atoms with van der Waals surface area (Å²) in [6.45, 7) is 15.1. The topological polar surface area (TPSA) is 47.1 Å². The zero-order valence-electron chi connectivity index (χ0n) is 13.4. The molecule has 0 aromatic carbocycles. The van der Waals surface area contributed by atoms with Crippen LogP contribution in [0.4, 0.5) is 0 Å². The minimum absolute atomic E-state index is 0. The van der Waals surface area contributed by atoms with E-state index < -0.39 is 0 Å². The molecule has 1 fully saturated rings.